The lowest BCUT2D eigenvalue weighted by Crippen LogP contribution is -2.42. The van der Waals surface area contributed by atoms with Crippen molar-refractivity contribution >= 4 is 17.5 Å². The monoisotopic (exact) mass is 361 g/mol. The lowest BCUT2D eigenvalue weighted by Gasteiger charge is -2.24. The molecular weight excluding hydrogens is 341 g/mol. The highest BCUT2D eigenvalue weighted by molar-refractivity contribution is 5.95. The predicted octanol–water partition coefficient (Wildman–Crippen LogP) is 2.77. The van der Waals surface area contributed by atoms with Gasteiger partial charge in [0.2, 0.25) is 0 Å². The molecule has 0 aromatic heterocycles. The molecule has 1 aliphatic heterocycles. The minimum absolute atomic E-state index is 0.396. The Hall–Kier alpha value is -2.48. The molecule has 1 amide bonds. The van der Waals surface area contributed by atoms with Gasteiger partial charge in [-0.15, -0.1) is 0 Å². The van der Waals surface area contributed by atoms with Crippen LogP contribution in [0.1, 0.15) is 6.92 Å². The highest BCUT2D eigenvalue weighted by Gasteiger charge is 2.53. The summed E-state index contributed by atoms with van der Waals surface area (Å²) in [5.74, 6) is 0. The molecular formula is C19H20FNO5. The maximum absolute atomic E-state index is 14.1. The average molecular weight is 361 g/mol. The van der Waals surface area contributed by atoms with E-state index in [1.54, 1.807) is 48.5 Å². The van der Waals surface area contributed by atoms with Gasteiger partial charge in [-0.2, -0.15) is 0 Å². The number of aliphatic hydroxyl groups excluding tert-OH is 2. The lowest BCUT2D eigenvalue weighted by atomic mass is 10.0. The molecule has 138 valence electrons. The Morgan fingerprint density at radius 1 is 1.12 bits per heavy atom. The minimum atomic E-state index is -2.32. The molecule has 0 bridgehead atoms. The van der Waals surface area contributed by atoms with Gasteiger partial charge in [0.25, 0.3) is 0 Å². The fourth-order valence-electron chi connectivity index (χ4n) is 2.75. The van der Waals surface area contributed by atoms with Gasteiger partial charge in [0.05, 0.1) is 11.4 Å². The van der Waals surface area contributed by atoms with Gasteiger partial charge in [-0.1, -0.05) is 36.4 Å². The first-order valence-corrected chi connectivity index (χ1v) is 8.18. The number of alkyl halides is 1. The third-order valence-electron chi connectivity index (χ3n) is 4.30. The van der Waals surface area contributed by atoms with E-state index < -0.39 is 36.9 Å². The summed E-state index contributed by atoms with van der Waals surface area (Å²) in [6.07, 6.45) is -5.25. The standard InChI is InChI=1S/C19H20FNO5/c1-19(20)16(22)15(26-17(19)23)12-25-18(24)21(13-8-4-2-5-9-13)14-10-6-3-7-11-14/h2-11,15-17,22-23H,12H2,1H3/t15-,16-,17-,19-/m1/s1. The molecule has 2 aromatic rings. The Balaban J connectivity index is 1.75. The minimum Gasteiger partial charge on any atom is -0.446 e. The summed E-state index contributed by atoms with van der Waals surface area (Å²) >= 11 is 0. The number of carbonyl (C=O) groups is 1. The fraction of sp³-hybridized carbons (Fsp3) is 0.316. The van der Waals surface area contributed by atoms with Crippen molar-refractivity contribution in [3.8, 4) is 0 Å². The van der Waals surface area contributed by atoms with Crippen LogP contribution in [0.4, 0.5) is 20.6 Å². The summed E-state index contributed by atoms with van der Waals surface area (Å²) in [7, 11) is 0. The number of rotatable bonds is 4. The van der Waals surface area contributed by atoms with E-state index >= 15 is 0 Å². The second-order valence-electron chi connectivity index (χ2n) is 6.21. The fourth-order valence-corrected chi connectivity index (χ4v) is 2.75. The number of para-hydroxylation sites is 2. The van der Waals surface area contributed by atoms with Crippen LogP contribution in [-0.4, -0.2) is 47.1 Å². The summed E-state index contributed by atoms with van der Waals surface area (Å²) < 4.78 is 24.3. The molecule has 6 nitrogen and oxygen atoms in total. The predicted molar refractivity (Wildman–Crippen MR) is 92.8 cm³/mol. The molecule has 1 fully saturated rings. The van der Waals surface area contributed by atoms with Crippen molar-refractivity contribution in [2.45, 2.75) is 31.1 Å². The molecule has 0 saturated carbocycles. The number of anilines is 2. The number of nitrogens with zero attached hydrogens (tertiary/aromatic N) is 1. The van der Waals surface area contributed by atoms with Crippen LogP contribution in [-0.2, 0) is 9.47 Å². The van der Waals surface area contributed by atoms with E-state index in [0.717, 1.165) is 6.92 Å². The molecule has 0 spiro atoms. The molecule has 7 heteroatoms. The van der Waals surface area contributed by atoms with Crippen LogP contribution in [0.5, 0.6) is 0 Å². The van der Waals surface area contributed by atoms with E-state index in [2.05, 4.69) is 0 Å². The SMILES string of the molecule is C[C@]1(F)[C@H](O)O[C@H](COC(=O)N(c2ccccc2)c2ccccc2)[C@H]1O. The molecule has 2 N–H and O–H groups in total. The molecule has 1 saturated heterocycles. The van der Waals surface area contributed by atoms with Gasteiger partial charge < -0.3 is 19.7 Å². The summed E-state index contributed by atoms with van der Waals surface area (Å²) in [6.45, 7) is 0.636. The number of halogens is 1. The van der Waals surface area contributed by atoms with Crippen LogP contribution in [0.2, 0.25) is 0 Å². The van der Waals surface area contributed by atoms with Crippen LogP contribution in [0, 0.1) is 0 Å². The Kier molecular flexibility index (Phi) is 5.22. The first-order chi connectivity index (χ1) is 12.4. The van der Waals surface area contributed by atoms with Crippen molar-refractivity contribution in [1.29, 1.82) is 0 Å². The van der Waals surface area contributed by atoms with Crippen molar-refractivity contribution < 1.29 is 28.9 Å². The van der Waals surface area contributed by atoms with E-state index in [4.69, 9.17) is 9.47 Å². The van der Waals surface area contributed by atoms with E-state index in [9.17, 15) is 19.4 Å². The maximum Gasteiger partial charge on any atom is 0.419 e. The molecule has 1 heterocycles. The third-order valence-corrected chi connectivity index (χ3v) is 4.30. The lowest BCUT2D eigenvalue weighted by molar-refractivity contribution is -0.143. The molecule has 4 atom stereocenters. The zero-order chi connectivity index (χ0) is 18.7. The Bertz CT molecular complexity index is 701. The zero-order valence-electron chi connectivity index (χ0n) is 14.2. The van der Waals surface area contributed by atoms with Gasteiger partial charge >= 0.3 is 6.09 Å². The van der Waals surface area contributed by atoms with Gasteiger partial charge in [-0.05, 0) is 31.2 Å². The first-order valence-electron chi connectivity index (χ1n) is 8.18. The van der Waals surface area contributed by atoms with Crippen molar-refractivity contribution in [2.75, 3.05) is 11.5 Å². The number of hydrogen-bond donors (Lipinski definition) is 2. The largest absolute Gasteiger partial charge is 0.446 e. The van der Waals surface area contributed by atoms with Crippen molar-refractivity contribution in [3.63, 3.8) is 0 Å². The van der Waals surface area contributed by atoms with E-state index in [1.807, 2.05) is 12.1 Å². The number of carbonyl (C=O) groups excluding carboxylic acids is 1. The van der Waals surface area contributed by atoms with Gasteiger partial charge in [-0.3, -0.25) is 0 Å². The summed E-state index contributed by atoms with van der Waals surface area (Å²) in [4.78, 5) is 14.0. The molecule has 0 radical (unpaired) electrons. The maximum atomic E-state index is 14.1. The van der Waals surface area contributed by atoms with Crippen LogP contribution in [0.15, 0.2) is 60.7 Å². The molecule has 26 heavy (non-hydrogen) atoms. The highest BCUT2D eigenvalue weighted by Crippen LogP contribution is 2.33. The van der Waals surface area contributed by atoms with Crippen LogP contribution < -0.4 is 4.90 Å². The summed E-state index contributed by atoms with van der Waals surface area (Å²) in [5, 5.41) is 19.4. The average Bonchev–Trinajstić information content (AvgIpc) is 2.84. The molecule has 0 aliphatic carbocycles. The van der Waals surface area contributed by atoms with Gasteiger partial charge in [-0.25, -0.2) is 14.1 Å². The van der Waals surface area contributed by atoms with Crippen LogP contribution in [0.25, 0.3) is 0 Å². The van der Waals surface area contributed by atoms with Gasteiger partial charge in [0.15, 0.2) is 12.0 Å². The second-order valence-corrected chi connectivity index (χ2v) is 6.21. The Morgan fingerprint density at radius 2 is 1.62 bits per heavy atom. The molecule has 3 rings (SSSR count). The topological polar surface area (TPSA) is 79.2 Å². The second kappa shape index (κ2) is 7.41. The van der Waals surface area contributed by atoms with Crippen molar-refractivity contribution in [1.82, 2.24) is 0 Å². The number of ether oxygens (including phenoxy) is 2. The van der Waals surface area contributed by atoms with E-state index in [0.29, 0.717) is 11.4 Å². The van der Waals surface area contributed by atoms with E-state index in [1.165, 1.54) is 4.90 Å². The quantitative estimate of drug-likeness (QED) is 0.875. The Morgan fingerprint density at radius 3 is 2.04 bits per heavy atom. The normalized spacial score (nSPS) is 27.9. The summed E-state index contributed by atoms with van der Waals surface area (Å²) in [5.41, 5.74) is -1.14. The first kappa shape index (κ1) is 18.3. The summed E-state index contributed by atoms with van der Waals surface area (Å²) in [6, 6.07) is 17.8. The van der Waals surface area contributed by atoms with E-state index in [-0.39, 0.29) is 0 Å². The van der Waals surface area contributed by atoms with Crippen LogP contribution in [0.3, 0.4) is 0 Å². The Labute approximate surface area is 150 Å². The highest BCUT2D eigenvalue weighted by atomic mass is 19.1. The van der Waals surface area contributed by atoms with Crippen LogP contribution >= 0.6 is 0 Å². The number of aliphatic hydroxyl groups is 2. The smallest absolute Gasteiger partial charge is 0.419 e. The van der Waals surface area contributed by atoms with Crippen molar-refractivity contribution in [2.24, 2.45) is 0 Å². The molecule has 1 aliphatic rings. The molecule has 2 aromatic carbocycles. The zero-order valence-corrected chi connectivity index (χ0v) is 14.2. The van der Waals surface area contributed by atoms with Gasteiger partial charge in [0, 0.05) is 0 Å². The number of benzene rings is 2. The van der Waals surface area contributed by atoms with Crippen molar-refractivity contribution in [3.05, 3.63) is 60.7 Å². The van der Waals surface area contributed by atoms with Gasteiger partial charge in [0.1, 0.15) is 18.8 Å². The number of amides is 1. The number of hydrogen-bond acceptors (Lipinski definition) is 5. The molecule has 0 unspecified atom stereocenters. The third kappa shape index (κ3) is 3.55.